The predicted molar refractivity (Wildman–Crippen MR) is 83.0 cm³/mol. The second-order valence-electron chi connectivity index (χ2n) is 4.79. The summed E-state index contributed by atoms with van der Waals surface area (Å²) in [7, 11) is -8.46. The van der Waals surface area contributed by atoms with Crippen molar-refractivity contribution in [2.24, 2.45) is 5.73 Å². The molecule has 1 atom stereocenters. The van der Waals surface area contributed by atoms with Crippen LogP contribution in [0.25, 0.3) is 0 Å². The zero-order valence-electron chi connectivity index (χ0n) is 12.9. The molecule has 0 fully saturated rings. The van der Waals surface area contributed by atoms with Crippen LogP contribution in [0.2, 0.25) is 0 Å². The largest absolute Gasteiger partial charge is 1.00 e. The average Bonchev–Trinajstić information content (AvgIpc) is 2.53. The third-order valence-corrected chi connectivity index (χ3v) is 5.43. The minimum atomic E-state index is -4.61. The van der Waals surface area contributed by atoms with Crippen molar-refractivity contribution >= 4 is 20.1 Å². The second-order valence-corrected chi connectivity index (χ2v) is 7.94. The maximum Gasteiger partial charge on any atom is 1.00 e. The zero-order chi connectivity index (χ0) is 17.1. The molecule has 0 unspecified atom stereocenters. The maximum absolute atomic E-state index is 12.1. The number of sulfonamides is 1. The molecule has 3 N–H and O–H groups in total. The Kier molecular flexibility index (Phi) is 7.57. The zero-order valence-corrected chi connectivity index (χ0v) is 16.5. The topological polar surface area (TPSA) is 129 Å². The van der Waals surface area contributed by atoms with Crippen molar-refractivity contribution in [2.75, 3.05) is 6.54 Å². The monoisotopic (exact) mass is 378 g/mol. The van der Waals surface area contributed by atoms with Crippen LogP contribution in [-0.2, 0) is 20.1 Å². The molecular formula is C14H15N2NaO5S2. The molecule has 124 valence electrons. The van der Waals surface area contributed by atoms with Crippen LogP contribution < -0.4 is 40.0 Å². The number of nitrogens with one attached hydrogen (secondary N) is 1. The summed E-state index contributed by atoms with van der Waals surface area (Å²) in [5.41, 5.74) is 6.69. The van der Waals surface area contributed by atoms with Crippen LogP contribution in [0.4, 0.5) is 0 Å². The van der Waals surface area contributed by atoms with Crippen molar-refractivity contribution in [3.63, 3.8) is 0 Å². The summed E-state index contributed by atoms with van der Waals surface area (Å²) in [5.74, 6) is 0. The fourth-order valence-electron chi connectivity index (χ4n) is 1.89. The molecule has 24 heavy (non-hydrogen) atoms. The fraction of sp³-hybridized carbons (Fsp3) is 0.143. The van der Waals surface area contributed by atoms with Crippen molar-refractivity contribution in [2.45, 2.75) is 15.8 Å². The van der Waals surface area contributed by atoms with Gasteiger partial charge in [-0.05, 0) is 29.8 Å². The molecule has 0 bridgehead atoms. The minimum absolute atomic E-state index is 0. The van der Waals surface area contributed by atoms with Crippen molar-refractivity contribution < 1.29 is 50.9 Å². The van der Waals surface area contributed by atoms with E-state index in [1.54, 1.807) is 24.3 Å². The number of rotatable bonds is 6. The van der Waals surface area contributed by atoms with Crippen molar-refractivity contribution in [3.05, 3.63) is 60.2 Å². The molecule has 7 nitrogen and oxygen atoms in total. The van der Waals surface area contributed by atoms with Crippen LogP contribution in [0.5, 0.6) is 0 Å². The summed E-state index contributed by atoms with van der Waals surface area (Å²) in [6.07, 6.45) is 0. The Balaban J connectivity index is 0.00000288. The smallest absolute Gasteiger partial charge is 0.744 e. The Hall–Kier alpha value is -0.780. The molecule has 2 rings (SSSR count). The summed E-state index contributed by atoms with van der Waals surface area (Å²) in [6.45, 7) is -0.0199. The Morgan fingerprint density at radius 2 is 1.42 bits per heavy atom. The van der Waals surface area contributed by atoms with Crippen molar-refractivity contribution in [1.82, 2.24) is 4.72 Å². The van der Waals surface area contributed by atoms with Crippen LogP contribution in [0, 0.1) is 0 Å². The van der Waals surface area contributed by atoms with Crippen LogP contribution >= 0.6 is 0 Å². The molecule has 2 aromatic rings. The normalized spacial score (nSPS) is 13.1. The van der Waals surface area contributed by atoms with Gasteiger partial charge in [0.15, 0.2) is 0 Å². The van der Waals surface area contributed by atoms with E-state index in [4.69, 9.17) is 5.73 Å². The molecule has 0 amide bonds. The van der Waals surface area contributed by atoms with E-state index >= 15 is 0 Å². The molecular weight excluding hydrogens is 363 g/mol. The average molecular weight is 378 g/mol. The standard InChI is InChI=1S/C14H16N2O5S2.Na/c15-14(11-4-2-1-3-5-11)10-16-22(17,18)12-6-8-13(9-7-12)23(19,20)21;/h1-9,14,16H,10,15H2,(H,19,20,21);/q;+1/p-1/t14-;/m0./s1. The van der Waals surface area contributed by atoms with Gasteiger partial charge in [-0.3, -0.25) is 0 Å². The van der Waals surface area contributed by atoms with E-state index < -0.39 is 31.1 Å². The van der Waals surface area contributed by atoms with E-state index in [0.717, 1.165) is 29.8 Å². The maximum atomic E-state index is 12.1. The van der Waals surface area contributed by atoms with Gasteiger partial charge in [0.2, 0.25) is 10.0 Å². The molecule has 0 saturated heterocycles. The first-order valence-corrected chi connectivity index (χ1v) is 9.45. The van der Waals surface area contributed by atoms with E-state index in [1.807, 2.05) is 6.07 Å². The van der Waals surface area contributed by atoms with Crippen molar-refractivity contribution in [1.29, 1.82) is 0 Å². The quantitative estimate of drug-likeness (QED) is 0.425. The Morgan fingerprint density at radius 1 is 0.917 bits per heavy atom. The molecule has 0 aliphatic heterocycles. The number of hydrogen-bond donors (Lipinski definition) is 2. The van der Waals surface area contributed by atoms with E-state index in [1.165, 1.54) is 0 Å². The number of benzene rings is 2. The molecule has 0 heterocycles. The SMILES string of the molecule is N[C@@H](CNS(=O)(=O)c1ccc(S(=O)(=O)[O-])cc1)c1ccccc1.[Na+]. The van der Waals surface area contributed by atoms with Crippen LogP contribution in [-0.4, -0.2) is 27.9 Å². The van der Waals surface area contributed by atoms with Gasteiger partial charge in [0.1, 0.15) is 10.1 Å². The van der Waals surface area contributed by atoms with Gasteiger partial charge in [0, 0.05) is 12.6 Å². The summed E-state index contributed by atoms with van der Waals surface area (Å²) in [5, 5.41) is 0. The molecule has 10 heteroatoms. The third-order valence-electron chi connectivity index (χ3n) is 3.14. The van der Waals surface area contributed by atoms with Gasteiger partial charge in [0.05, 0.1) is 9.79 Å². The summed E-state index contributed by atoms with van der Waals surface area (Å²) < 4.78 is 59.1. The molecule has 0 aliphatic rings. The predicted octanol–water partition coefficient (Wildman–Crippen LogP) is -2.43. The molecule has 0 aromatic heterocycles. The summed E-state index contributed by atoms with van der Waals surface area (Å²) >= 11 is 0. The summed E-state index contributed by atoms with van der Waals surface area (Å²) in [4.78, 5) is -0.636. The number of hydrogen-bond acceptors (Lipinski definition) is 6. The molecule has 0 aliphatic carbocycles. The molecule has 0 saturated carbocycles. The van der Waals surface area contributed by atoms with Crippen LogP contribution in [0.1, 0.15) is 11.6 Å². The van der Waals surface area contributed by atoms with Gasteiger partial charge < -0.3 is 10.3 Å². The molecule has 0 spiro atoms. The third kappa shape index (κ3) is 5.64. The first-order valence-electron chi connectivity index (χ1n) is 6.56. The van der Waals surface area contributed by atoms with E-state index in [-0.39, 0.29) is 41.0 Å². The van der Waals surface area contributed by atoms with E-state index in [2.05, 4.69) is 4.72 Å². The Morgan fingerprint density at radius 3 is 1.92 bits per heavy atom. The Labute approximate surface area is 163 Å². The van der Waals surface area contributed by atoms with E-state index in [0.29, 0.717) is 0 Å². The fourth-order valence-corrected chi connectivity index (χ4v) is 3.42. The second kappa shape index (κ2) is 8.54. The van der Waals surface area contributed by atoms with E-state index in [9.17, 15) is 21.4 Å². The Bertz CT molecular complexity index is 869. The minimum Gasteiger partial charge on any atom is -0.744 e. The summed E-state index contributed by atoms with van der Waals surface area (Å²) in [6, 6.07) is 12.5. The van der Waals surface area contributed by atoms with Gasteiger partial charge in [0.25, 0.3) is 0 Å². The first kappa shape index (κ1) is 21.3. The van der Waals surface area contributed by atoms with Crippen LogP contribution in [0.15, 0.2) is 64.4 Å². The molecule has 2 aromatic carbocycles. The first-order chi connectivity index (χ1) is 10.7. The van der Waals surface area contributed by atoms with Crippen LogP contribution in [0.3, 0.4) is 0 Å². The number of nitrogens with two attached hydrogens (primary N) is 1. The van der Waals surface area contributed by atoms with Gasteiger partial charge in [-0.1, -0.05) is 30.3 Å². The van der Waals surface area contributed by atoms with Gasteiger partial charge in [-0.15, -0.1) is 0 Å². The van der Waals surface area contributed by atoms with Gasteiger partial charge in [-0.2, -0.15) is 0 Å². The molecule has 0 radical (unpaired) electrons. The van der Waals surface area contributed by atoms with Gasteiger partial charge in [-0.25, -0.2) is 21.6 Å². The van der Waals surface area contributed by atoms with Crippen molar-refractivity contribution in [3.8, 4) is 0 Å². The van der Waals surface area contributed by atoms with Gasteiger partial charge >= 0.3 is 29.6 Å².